The number of ether oxygens (including phenoxy) is 2. The van der Waals surface area contributed by atoms with E-state index >= 15 is 0 Å². The molecule has 4 heteroatoms. The van der Waals surface area contributed by atoms with Gasteiger partial charge in [0.05, 0.1) is 18.2 Å². The van der Waals surface area contributed by atoms with Gasteiger partial charge in [-0.3, -0.25) is 0 Å². The van der Waals surface area contributed by atoms with Crippen molar-refractivity contribution in [3.05, 3.63) is 53.1 Å². The molecule has 5 rings (SSSR count). The minimum atomic E-state index is -0.106. The summed E-state index contributed by atoms with van der Waals surface area (Å²) < 4.78 is 12.3. The largest absolute Gasteiger partial charge is 0.504 e. The Morgan fingerprint density at radius 3 is 2.68 bits per heavy atom. The number of fused-ring (bicyclic) bond motifs is 5. The first-order valence-corrected chi connectivity index (χ1v) is 11.2. The third-order valence-electron chi connectivity index (χ3n) is 6.78. The molecule has 2 aromatic carbocycles. The monoisotopic (exact) mass is 417 g/mol. The highest BCUT2D eigenvalue weighted by molar-refractivity contribution is 5.92. The van der Waals surface area contributed by atoms with E-state index in [1.165, 1.54) is 28.7 Å². The molecule has 2 atom stereocenters. The van der Waals surface area contributed by atoms with Gasteiger partial charge in [-0.1, -0.05) is 23.8 Å². The molecular weight excluding hydrogens is 386 g/mol. The van der Waals surface area contributed by atoms with E-state index in [-0.39, 0.29) is 17.4 Å². The minimum Gasteiger partial charge on any atom is -0.504 e. The van der Waals surface area contributed by atoms with Gasteiger partial charge in [-0.25, -0.2) is 0 Å². The predicted octanol–water partition coefficient (Wildman–Crippen LogP) is 6.86. The summed E-state index contributed by atoms with van der Waals surface area (Å²) in [7, 11) is 1.60. The molecule has 2 unspecified atom stereocenters. The van der Waals surface area contributed by atoms with Crippen molar-refractivity contribution < 1.29 is 14.6 Å². The summed E-state index contributed by atoms with van der Waals surface area (Å²) >= 11 is 0. The molecule has 0 saturated heterocycles. The summed E-state index contributed by atoms with van der Waals surface area (Å²) in [5.74, 6) is 1.69. The van der Waals surface area contributed by atoms with Crippen LogP contribution in [0.4, 0.5) is 5.69 Å². The van der Waals surface area contributed by atoms with Gasteiger partial charge in [-0.15, -0.1) is 0 Å². The Morgan fingerprint density at radius 2 is 1.94 bits per heavy atom. The van der Waals surface area contributed by atoms with E-state index in [1.807, 2.05) is 6.07 Å². The molecule has 31 heavy (non-hydrogen) atoms. The lowest BCUT2D eigenvalue weighted by Crippen LogP contribution is -2.33. The summed E-state index contributed by atoms with van der Waals surface area (Å²) in [5, 5.41) is 14.2. The second kappa shape index (κ2) is 7.08. The van der Waals surface area contributed by atoms with Crippen LogP contribution in [0.25, 0.3) is 16.7 Å². The zero-order valence-electron chi connectivity index (χ0n) is 19.0. The van der Waals surface area contributed by atoms with E-state index in [2.05, 4.69) is 57.3 Å². The summed E-state index contributed by atoms with van der Waals surface area (Å²) in [4.78, 5) is 0. The maximum atomic E-state index is 10.5. The molecule has 3 aliphatic rings. The molecule has 162 valence electrons. The van der Waals surface area contributed by atoms with Crippen LogP contribution in [0, 0.1) is 5.92 Å². The fraction of sp³-hybridized carbons (Fsp3) is 0.407. The smallest absolute Gasteiger partial charge is 0.172 e. The summed E-state index contributed by atoms with van der Waals surface area (Å²) in [6, 6.07) is 7.84. The lowest BCUT2D eigenvalue weighted by molar-refractivity contribution is 0.144. The second-order valence-electron chi connectivity index (χ2n) is 9.72. The van der Waals surface area contributed by atoms with Crippen molar-refractivity contribution in [3.63, 3.8) is 0 Å². The van der Waals surface area contributed by atoms with Crippen molar-refractivity contribution in [2.75, 3.05) is 12.4 Å². The van der Waals surface area contributed by atoms with Gasteiger partial charge in [0.25, 0.3) is 0 Å². The van der Waals surface area contributed by atoms with Crippen molar-refractivity contribution in [1.29, 1.82) is 0 Å². The van der Waals surface area contributed by atoms with Crippen LogP contribution in [-0.4, -0.2) is 17.8 Å². The van der Waals surface area contributed by atoms with Crippen LogP contribution < -0.4 is 14.8 Å². The highest BCUT2D eigenvalue weighted by atomic mass is 16.5. The number of phenolic OH excluding ortho intramolecular Hbond substituents is 1. The van der Waals surface area contributed by atoms with E-state index in [1.54, 1.807) is 13.2 Å². The summed E-state index contributed by atoms with van der Waals surface area (Å²) in [6.07, 6.45) is 8.08. The van der Waals surface area contributed by atoms with E-state index in [0.717, 1.165) is 35.4 Å². The van der Waals surface area contributed by atoms with Crippen LogP contribution in [-0.2, 0) is 0 Å². The van der Waals surface area contributed by atoms with Gasteiger partial charge in [-0.05, 0) is 76.3 Å². The lowest BCUT2D eigenvalue weighted by Gasteiger charge is -2.40. The third kappa shape index (κ3) is 3.20. The fourth-order valence-electron chi connectivity index (χ4n) is 5.66. The number of hydrogen-bond donors (Lipinski definition) is 2. The molecule has 0 bridgehead atoms. The number of allylic oxidation sites excluding steroid dienone is 2. The highest BCUT2D eigenvalue weighted by Gasteiger charge is 2.38. The Balaban J connectivity index is 1.80. The minimum absolute atomic E-state index is 0.0756. The fourth-order valence-corrected chi connectivity index (χ4v) is 5.66. The van der Waals surface area contributed by atoms with Crippen LogP contribution in [0.15, 0.2) is 42.0 Å². The van der Waals surface area contributed by atoms with Gasteiger partial charge in [-0.2, -0.15) is 0 Å². The zero-order valence-corrected chi connectivity index (χ0v) is 19.0. The first-order chi connectivity index (χ1) is 14.8. The molecule has 1 aliphatic carbocycles. The van der Waals surface area contributed by atoms with Gasteiger partial charge >= 0.3 is 0 Å². The molecule has 0 spiro atoms. The molecule has 0 fully saturated rings. The number of aromatic hydroxyl groups is 1. The zero-order chi connectivity index (χ0) is 21.9. The van der Waals surface area contributed by atoms with Crippen molar-refractivity contribution in [2.24, 2.45) is 5.92 Å². The molecule has 0 aromatic heterocycles. The average molecular weight is 418 g/mol. The van der Waals surface area contributed by atoms with Crippen LogP contribution in [0.1, 0.15) is 64.2 Å². The molecule has 0 amide bonds. The molecule has 0 radical (unpaired) electrons. The standard InChI is InChI=1S/C27H31NO3/c1-15-7-6-8-17(13-15)25-24-18(23-21(31-25)12-11-20(29)26(23)30-5)9-10-19-22(24)16(2)14-27(3,4)28-19/h9-14,17,25,28-29H,6-8H2,1-5H3. The van der Waals surface area contributed by atoms with E-state index in [9.17, 15) is 5.11 Å². The van der Waals surface area contributed by atoms with Crippen LogP contribution >= 0.6 is 0 Å². The molecule has 2 aliphatic heterocycles. The second-order valence-corrected chi connectivity index (χ2v) is 9.72. The topological polar surface area (TPSA) is 50.7 Å². The van der Waals surface area contributed by atoms with Crippen molar-refractivity contribution in [2.45, 2.75) is 58.6 Å². The van der Waals surface area contributed by atoms with Crippen LogP contribution in [0.5, 0.6) is 17.2 Å². The Hall–Kier alpha value is -2.88. The number of rotatable bonds is 2. The summed E-state index contributed by atoms with van der Waals surface area (Å²) in [6.45, 7) is 8.80. The van der Waals surface area contributed by atoms with E-state index in [4.69, 9.17) is 9.47 Å². The maximum Gasteiger partial charge on any atom is 0.172 e. The number of nitrogens with one attached hydrogen (secondary N) is 1. The van der Waals surface area contributed by atoms with Crippen LogP contribution in [0.2, 0.25) is 0 Å². The Bertz CT molecular complexity index is 1130. The first-order valence-electron chi connectivity index (χ1n) is 11.2. The van der Waals surface area contributed by atoms with E-state index < -0.39 is 0 Å². The number of methoxy groups -OCH3 is 1. The molecule has 2 N–H and O–H groups in total. The van der Waals surface area contributed by atoms with Crippen molar-refractivity contribution in [3.8, 4) is 28.4 Å². The molecular formula is C27H31NO3. The van der Waals surface area contributed by atoms with E-state index in [0.29, 0.717) is 11.7 Å². The Morgan fingerprint density at radius 1 is 1.13 bits per heavy atom. The van der Waals surface area contributed by atoms with Crippen LogP contribution in [0.3, 0.4) is 0 Å². The first kappa shape index (κ1) is 20.0. The number of hydrogen-bond acceptors (Lipinski definition) is 4. The van der Waals surface area contributed by atoms with Gasteiger partial charge in [0.2, 0.25) is 0 Å². The highest BCUT2D eigenvalue weighted by Crippen LogP contribution is 2.56. The Kier molecular flexibility index (Phi) is 4.58. The van der Waals surface area contributed by atoms with Gasteiger partial charge in [0.1, 0.15) is 11.9 Å². The molecule has 0 saturated carbocycles. The quantitative estimate of drug-likeness (QED) is 0.524. The van der Waals surface area contributed by atoms with Gasteiger partial charge in [0, 0.05) is 22.7 Å². The average Bonchev–Trinajstić information content (AvgIpc) is 2.71. The Labute approximate surface area is 184 Å². The number of benzene rings is 2. The maximum absolute atomic E-state index is 10.5. The SMILES string of the molecule is COc1c(O)ccc2c1-c1ccc3c(c1C(C1C=C(C)CCC1)O2)C(C)=CC(C)(C)N3. The number of anilines is 1. The summed E-state index contributed by atoms with van der Waals surface area (Å²) in [5.41, 5.74) is 8.06. The number of phenols is 1. The van der Waals surface area contributed by atoms with Gasteiger partial charge < -0.3 is 19.9 Å². The van der Waals surface area contributed by atoms with Gasteiger partial charge in [0.15, 0.2) is 11.5 Å². The molecule has 2 aromatic rings. The lowest BCUT2D eigenvalue weighted by atomic mass is 9.76. The van der Waals surface area contributed by atoms with Crippen molar-refractivity contribution >= 4 is 11.3 Å². The van der Waals surface area contributed by atoms with Crippen molar-refractivity contribution in [1.82, 2.24) is 0 Å². The normalized spacial score (nSPS) is 23.3. The third-order valence-corrected chi connectivity index (χ3v) is 6.78. The molecule has 2 heterocycles. The predicted molar refractivity (Wildman–Crippen MR) is 126 cm³/mol. The molecule has 4 nitrogen and oxygen atoms in total.